The molecule has 0 atom stereocenters. The molecular weight excluding hydrogens is 150 g/mol. The zero-order valence-electron chi connectivity index (χ0n) is 5.79. The zero-order valence-corrected chi connectivity index (χ0v) is 5.79. The molecule has 0 aromatic rings. The monoisotopic (exact) mass is 155 g/mol. The molecule has 0 N–H and O–H groups in total. The predicted octanol–water partition coefficient (Wildman–Crippen LogP) is 0.0875. The molecule has 0 unspecified atom stereocenters. The maximum Gasteiger partial charge on any atom is 0.396 e. The van der Waals surface area contributed by atoms with Crippen molar-refractivity contribution in [3.63, 3.8) is 0 Å². The SMILES string of the molecule is C=C(C#N)C(=O)OOC(C)=O. The molecule has 0 amide bonds. The second-order valence-corrected chi connectivity index (χ2v) is 1.54. The average molecular weight is 155 g/mol. The van der Waals surface area contributed by atoms with Crippen molar-refractivity contribution in [3.8, 4) is 6.07 Å². The highest BCUT2D eigenvalue weighted by Crippen LogP contribution is 1.92. The molecule has 0 radical (unpaired) electrons. The van der Waals surface area contributed by atoms with E-state index in [9.17, 15) is 9.59 Å². The van der Waals surface area contributed by atoms with E-state index in [1.54, 1.807) is 0 Å². The third-order valence-electron chi connectivity index (χ3n) is 0.616. The lowest BCUT2D eigenvalue weighted by Gasteiger charge is -1.96. The van der Waals surface area contributed by atoms with E-state index in [-0.39, 0.29) is 0 Å². The van der Waals surface area contributed by atoms with Crippen LogP contribution in [0.5, 0.6) is 0 Å². The molecule has 0 fully saturated rings. The van der Waals surface area contributed by atoms with Crippen LogP contribution in [0.15, 0.2) is 12.2 Å². The summed E-state index contributed by atoms with van der Waals surface area (Å²) in [7, 11) is 0. The summed E-state index contributed by atoms with van der Waals surface area (Å²) >= 11 is 0. The number of hydrogen-bond acceptors (Lipinski definition) is 5. The molecule has 5 nitrogen and oxygen atoms in total. The number of hydrogen-bond donors (Lipinski definition) is 0. The quantitative estimate of drug-likeness (QED) is 0.232. The largest absolute Gasteiger partial charge is 0.396 e. The van der Waals surface area contributed by atoms with Crippen LogP contribution >= 0.6 is 0 Å². The first-order chi connectivity index (χ1) is 5.07. The van der Waals surface area contributed by atoms with Crippen molar-refractivity contribution in [2.45, 2.75) is 6.92 Å². The Labute approximate surface area is 62.7 Å². The fourth-order valence-corrected chi connectivity index (χ4v) is 0.192. The Bertz CT molecular complexity index is 237. The van der Waals surface area contributed by atoms with Gasteiger partial charge in [-0.05, 0) is 0 Å². The van der Waals surface area contributed by atoms with Gasteiger partial charge in [0.25, 0.3) is 0 Å². The lowest BCUT2D eigenvalue weighted by Crippen LogP contribution is -2.09. The van der Waals surface area contributed by atoms with Gasteiger partial charge in [-0.2, -0.15) is 5.26 Å². The molecule has 0 aliphatic heterocycles. The van der Waals surface area contributed by atoms with Crippen molar-refractivity contribution in [1.29, 1.82) is 5.26 Å². The number of carbonyl (C=O) groups is 2. The molecule has 0 bridgehead atoms. The van der Waals surface area contributed by atoms with Crippen LogP contribution in [0.3, 0.4) is 0 Å². The summed E-state index contributed by atoms with van der Waals surface area (Å²) in [6, 6.07) is 1.43. The number of nitriles is 1. The second-order valence-electron chi connectivity index (χ2n) is 1.54. The zero-order chi connectivity index (χ0) is 8.85. The lowest BCUT2D eigenvalue weighted by atomic mass is 10.4. The fourth-order valence-electron chi connectivity index (χ4n) is 0.192. The minimum absolute atomic E-state index is 0.425. The Morgan fingerprint density at radius 3 is 2.36 bits per heavy atom. The predicted molar refractivity (Wildman–Crippen MR) is 32.6 cm³/mol. The maximum absolute atomic E-state index is 10.5. The molecular formula is C6H5NO4. The van der Waals surface area contributed by atoms with Gasteiger partial charge in [0.2, 0.25) is 0 Å². The summed E-state index contributed by atoms with van der Waals surface area (Å²) in [5, 5.41) is 8.08. The van der Waals surface area contributed by atoms with Crippen LogP contribution in [0.2, 0.25) is 0 Å². The van der Waals surface area contributed by atoms with Crippen LogP contribution < -0.4 is 0 Å². The molecule has 0 aliphatic rings. The number of rotatable bonds is 1. The minimum Gasteiger partial charge on any atom is -0.248 e. The summed E-state index contributed by atoms with van der Waals surface area (Å²) in [6.07, 6.45) is 0. The Balaban J connectivity index is 3.82. The standard InChI is InChI=1S/C6H5NO4/c1-4(3-7)6(9)11-10-5(2)8/h1H2,2H3. The molecule has 0 aromatic carbocycles. The van der Waals surface area contributed by atoms with Crippen LogP contribution in [-0.4, -0.2) is 11.9 Å². The molecule has 0 saturated heterocycles. The molecule has 0 aromatic heterocycles. The van der Waals surface area contributed by atoms with Crippen LogP contribution in [0, 0.1) is 11.3 Å². The van der Waals surface area contributed by atoms with E-state index >= 15 is 0 Å². The van der Waals surface area contributed by atoms with Crippen LogP contribution in [0.25, 0.3) is 0 Å². The van der Waals surface area contributed by atoms with Gasteiger partial charge in [0, 0.05) is 6.92 Å². The van der Waals surface area contributed by atoms with Crippen molar-refractivity contribution in [1.82, 2.24) is 0 Å². The van der Waals surface area contributed by atoms with Crippen molar-refractivity contribution in [2.75, 3.05) is 0 Å². The van der Waals surface area contributed by atoms with E-state index in [0.717, 1.165) is 6.92 Å². The third kappa shape index (κ3) is 3.70. The first kappa shape index (κ1) is 9.17. The summed E-state index contributed by atoms with van der Waals surface area (Å²) in [4.78, 5) is 28.2. The highest BCUT2D eigenvalue weighted by Gasteiger charge is 2.09. The van der Waals surface area contributed by atoms with Gasteiger partial charge in [0.1, 0.15) is 11.6 Å². The van der Waals surface area contributed by atoms with Gasteiger partial charge >= 0.3 is 11.9 Å². The molecule has 11 heavy (non-hydrogen) atoms. The van der Waals surface area contributed by atoms with Gasteiger partial charge < -0.3 is 0 Å². The Morgan fingerprint density at radius 1 is 1.45 bits per heavy atom. The van der Waals surface area contributed by atoms with Crippen molar-refractivity contribution >= 4 is 11.9 Å². The number of nitrogens with zero attached hydrogens (tertiary/aromatic N) is 1. The van der Waals surface area contributed by atoms with Crippen molar-refractivity contribution in [2.24, 2.45) is 0 Å². The fraction of sp³-hybridized carbons (Fsp3) is 0.167. The molecule has 0 saturated carbocycles. The van der Waals surface area contributed by atoms with Crippen molar-refractivity contribution < 1.29 is 19.4 Å². The highest BCUT2D eigenvalue weighted by atomic mass is 17.2. The van der Waals surface area contributed by atoms with E-state index in [1.807, 2.05) is 0 Å². The first-order valence-electron chi connectivity index (χ1n) is 2.56. The maximum atomic E-state index is 10.5. The van der Waals surface area contributed by atoms with Gasteiger partial charge in [0.05, 0.1) is 0 Å². The van der Waals surface area contributed by atoms with Crippen LogP contribution in [0.4, 0.5) is 0 Å². The van der Waals surface area contributed by atoms with Gasteiger partial charge in [-0.15, -0.1) is 0 Å². The molecule has 0 spiro atoms. The Morgan fingerprint density at radius 2 is 2.00 bits per heavy atom. The van der Waals surface area contributed by atoms with E-state index in [1.165, 1.54) is 6.07 Å². The van der Waals surface area contributed by atoms with E-state index < -0.39 is 17.5 Å². The van der Waals surface area contributed by atoms with E-state index in [0.29, 0.717) is 0 Å². The van der Waals surface area contributed by atoms with Crippen molar-refractivity contribution in [3.05, 3.63) is 12.2 Å². The van der Waals surface area contributed by atoms with Gasteiger partial charge in [-0.25, -0.2) is 19.4 Å². The molecule has 58 valence electrons. The summed E-state index contributed by atoms with van der Waals surface area (Å²) in [5.41, 5.74) is -0.425. The van der Waals surface area contributed by atoms with Crippen LogP contribution in [-0.2, 0) is 19.4 Å². The summed E-state index contributed by atoms with van der Waals surface area (Å²) in [5.74, 6) is -1.84. The molecule has 0 heterocycles. The topological polar surface area (TPSA) is 76.4 Å². The van der Waals surface area contributed by atoms with Gasteiger partial charge in [-0.3, -0.25) is 0 Å². The van der Waals surface area contributed by atoms with Gasteiger partial charge in [0.15, 0.2) is 0 Å². The lowest BCUT2D eigenvalue weighted by molar-refractivity contribution is -0.253. The second kappa shape index (κ2) is 4.06. The normalized spacial score (nSPS) is 7.64. The highest BCUT2D eigenvalue weighted by molar-refractivity contribution is 5.91. The smallest absolute Gasteiger partial charge is 0.248 e. The number of carbonyl (C=O) groups excluding carboxylic acids is 2. The molecule has 0 rings (SSSR count). The summed E-state index contributed by atoms with van der Waals surface area (Å²) in [6.45, 7) is 4.08. The minimum atomic E-state index is -1.07. The van der Waals surface area contributed by atoms with Crippen LogP contribution in [0.1, 0.15) is 6.92 Å². The van der Waals surface area contributed by atoms with E-state index in [2.05, 4.69) is 16.4 Å². The third-order valence-corrected chi connectivity index (χ3v) is 0.616. The molecule has 0 aliphatic carbocycles. The summed E-state index contributed by atoms with van der Waals surface area (Å²) < 4.78 is 0. The molecule has 5 heteroatoms. The average Bonchev–Trinajstić information content (AvgIpc) is 1.98. The Kier molecular flexibility index (Phi) is 3.39. The van der Waals surface area contributed by atoms with E-state index in [4.69, 9.17) is 5.26 Å². The Hall–Kier alpha value is -1.83. The first-order valence-corrected chi connectivity index (χ1v) is 2.56. The van der Waals surface area contributed by atoms with Gasteiger partial charge in [-0.1, -0.05) is 6.58 Å².